The summed E-state index contributed by atoms with van der Waals surface area (Å²) in [6, 6.07) is 10.7. The highest BCUT2D eigenvalue weighted by Crippen LogP contribution is 2.30. The Morgan fingerprint density at radius 1 is 1.38 bits per heavy atom. The van der Waals surface area contributed by atoms with Crippen molar-refractivity contribution in [3.63, 3.8) is 0 Å². The number of aromatic nitrogens is 1. The van der Waals surface area contributed by atoms with E-state index in [9.17, 15) is 0 Å². The van der Waals surface area contributed by atoms with Gasteiger partial charge < -0.3 is 9.84 Å². The molecule has 2 aromatic rings. The summed E-state index contributed by atoms with van der Waals surface area (Å²) in [4.78, 5) is 4.08. The molecule has 1 N–H and O–H groups in total. The van der Waals surface area contributed by atoms with Crippen molar-refractivity contribution in [2.45, 2.75) is 18.9 Å². The maximum absolute atomic E-state index is 9.14. The molecule has 0 aliphatic rings. The lowest BCUT2D eigenvalue weighted by atomic mass is 10.1. The summed E-state index contributed by atoms with van der Waals surface area (Å²) in [5.41, 5.74) is 1.33. The molecule has 0 aliphatic carbocycles. The van der Waals surface area contributed by atoms with Gasteiger partial charge in [0.05, 0.1) is 5.56 Å². The predicted octanol–water partition coefficient (Wildman–Crippen LogP) is 3.50. The highest BCUT2D eigenvalue weighted by atomic mass is 35.5. The number of hydrogen-bond donors (Lipinski definition) is 1. The van der Waals surface area contributed by atoms with E-state index in [-0.39, 0.29) is 12.7 Å². The molecule has 21 heavy (non-hydrogen) atoms. The average molecular weight is 303 g/mol. The average Bonchev–Trinajstić information content (AvgIpc) is 2.52. The Bertz CT molecular complexity index is 626. The fourth-order valence-corrected chi connectivity index (χ4v) is 2.14. The first-order valence-corrected chi connectivity index (χ1v) is 6.99. The van der Waals surface area contributed by atoms with Crippen LogP contribution >= 0.6 is 11.6 Å². The van der Waals surface area contributed by atoms with Crippen LogP contribution in [0.5, 0.6) is 5.75 Å². The van der Waals surface area contributed by atoms with Crippen LogP contribution in [0.25, 0.3) is 0 Å². The third-order valence-corrected chi connectivity index (χ3v) is 3.25. The van der Waals surface area contributed by atoms with E-state index < -0.39 is 0 Å². The van der Waals surface area contributed by atoms with Crippen LogP contribution in [0.3, 0.4) is 0 Å². The van der Waals surface area contributed by atoms with Crippen LogP contribution in [0.2, 0.25) is 5.02 Å². The smallest absolute Gasteiger partial charge is 0.139 e. The Kier molecular flexibility index (Phi) is 5.56. The van der Waals surface area contributed by atoms with E-state index in [0.717, 1.165) is 5.56 Å². The first-order valence-electron chi connectivity index (χ1n) is 6.61. The number of aliphatic hydroxyl groups is 1. The zero-order valence-electron chi connectivity index (χ0n) is 11.4. The normalized spacial score (nSPS) is 11.7. The summed E-state index contributed by atoms with van der Waals surface area (Å²) in [6.45, 7) is 0.0841. The van der Waals surface area contributed by atoms with E-state index in [1.165, 1.54) is 0 Å². The Labute approximate surface area is 128 Å². The second-order valence-corrected chi connectivity index (χ2v) is 4.95. The maximum atomic E-state index is 9.14. The minimum Gasteiger partial charge on any atom is -0.484 e. The first kappa shape index (κ1) is 15.3. The molecule has 1 aromatic heterocycles. The van der Waals surface area contributed by atoms with E-state index in [1.54, 1.807) is 30.6 Å². The molecular formula is C16H15ClN2O2. The fourth-order valence-electron chi connectivity index (χ4n) is 1.98. The van der Waals surface area contributed by atoms with Crippen molar-refractivity contribution in [3.8, 4) is 11.8 Å². The summed E-state index contributed by atoms with van der Waals surface area (Å²) in [5.74, 6) is 0.441. The lowest BCUT2D eigenvalue weighted by Crippen LogP contribution is -2.09. The lowest BCUT2D eigenvalue weighted by molar-refractivity contribution is 0.174. The number of ether oxygens (including phenoxy) is 1. The van der Waals surface area contributed by atoms with Crippen LogP contribution < -0.4 is 4.74 Å². The molecule has 1 aromatic carbocycles. The Balaban J connectivity index is 2.27. The molecule has 0 radical (unpaired) electrons. The summed E-state index contributed by atoms with van der Waals surface area (Å²) < 4.78 is 5.95. The number of pyridine rings is 1. The van der Waals surface area contributed by atoms with E-state index in [1.807, 2.05) is 12.1 Å². The number of halogens is 1. The zero-order valence-corrected chi connectivity index (χ0v) is 12.1. The van der Waals surface area contributed by atoms with Crippen LogP contribution in [-0.4, -0.2) is 16.7 Å². The van der Waals surface area contributed by atoms with Crippen molar-refractivity contribution < 1.29 is 9.84 Å². The van der Waals surface area contributed by atoms with Gasteiger partial charge in [-0.1, -0.05) is 17.7 Å². The number of rotatable bonds is 6. The summed E-state index contributed by atoms with van der Waals surface area (Å²) in [7, 11) is 0. The molecule has 108 valence electrons. The van der Waals surface area contributed by atoms with Crippen molar-refractivity contribution in [3.05, 3.63) is 58.9 Å². The van der Waals surface area contributed by atoms with Crippen molar-refractivity contribution >= 4 is 11.6 Å². The number of aliphatic hydroxyl groups excluding tert-OH is 1. The Morgan fingerprint density at radius 3 is 2.90 bits per heavy atom. The number of benzene rings is 1. The molecule has 4 nitrogen and oxygen atoms in total. The topological polar surface area (TPSA) is 66.1 Å². The van der Waals surface area contributed by atoms with Crippen LogP contribution in [0.15, 0.2) is 42.7 Å². The van der Waals surface area contributed by atoms with Gasteiger partial charge in [-0.15, -0.1) is 0 Å². The molecule has 0 spiro atoms. The second kappa shape index (κ2) is 7.63. The lowest BCUT2D eigenvalue weighted by Gasteiger charge is -2.20. The molecule has 2 rings (SSSR count). The van der Waals surface area contributed by atoms with Gasteiger partial charge in [-0.05, 0) is 31.0 Å². The van der Waals surface area contributed by atoms with Gasteiger partial charge in [0.25, 0.3) is 0 Å². The monoisotopic (exact) mass is 302 g/mol. The maximum Gasteiger partial charge on any atom is 0.139 e. The van der Waals surface area contributed by atoms with Gasteiger partial charge in [0.2, 0.25) is 0 Å². The molecule has 0 fully saturated rings. The molecule has 0 aliphatic heterocycles. The van der Waals surface area contributed by atoms with Gasteiger partial charge in [-0.25, -0.2) is 0 Å². The predicted molar refractivity (Wildman–Crippen MR) is 80.1 cm³/mol. The molecule has 1 atom stereocenters. The molecule has 0 bridgehead atoms. The van der Waals surface area contributed by atoms with Gasteiger partial charge in [0.15, 0.2) is 0 Å². The molecule has 1 unspecified atom stereocenters. The van der Waals surface area contributed by atoms with Crippen molar-refractivity contribution in [2.75, 3.05) is 6.61 Å². The molecule has 0 amide bonds. The number of nitrogens with zero attached hydrogens (tertiary/aromatic N) is 2. The third kappa shape index (κ3) is 4.19. The van der Waals surface area contributed by atoms with Gasteiger partial charge >= 0.3 is 0 Å². The van der Waals surface area contributed by atoms with Crippen LogP contribution in [0.4, 0.5) is 0 Å². The van der Waals surface area contributed by atoms with E-state index >= 15 is 0 Å². The summed E-state index contributed by atoms with van der Waals surface area (Å²) in [6.07, 6.45) is 4.35. The van der Waals surface area contributed by atoms with Crippen LogP contribution in [-0.2, 0) is 0 Å². The van der Waals surface area contributed by atoms with Gasteiger partial charge in [0, 0.05) is 35.7 Å². The minimum absolute atomic E-state index is 0.0841. The van der Waals surface area contributed by atoms with Crippen LogP contribution in [0.1, 0.15) is 30.1 Å². The van der Waals surface area contributed by atoms with E-state index in [2.05, 4.69) is 11.1 Å². The summed E-state index contributed by atoms with van der Waals surface area (Å²) in [5, 5.41) is 18.7. The Hall–Kier alpha value is -2.09. The Morgan fingerprint density at radius 2 is 2.24 bits per heavy atom. The molecular weight excluding hydrogens is 288 g/mol. The quantitative estimate of drug-likeness (QED) is 0.887. The van der Waals surface area contributed by atoms with E-state index in [4.69, 9.17) is 26.7 Å². The SMILES string of the molecule is N#Cc1ccc(Cl)cc1OC(CCCO)c1cccnc1. The van der Waals surface area contributed by atoms with Crippen LogP contribution in [0, 0.1) is 11.3 Å². The standard InChI is InChI=1S/C16H15ClN2O2/c17-14-6-5-12(10-18)16(9-14)21-15(4-2-8-20)13-3-1-7-19-11-13/h1,3,5-7,9,11,15,20H,2,4,8H2. The minimum atomic E-state index is -0.281. The molecule has 5 heteroatoms. The molecule has 0 saturated heterocycles. The zero-order chi connectivity index (χ0) is 15.1. The van der Waals surface area contributed by atoms with Crippen molar-refractivity contribution in [1.29, 1.82) is 5.26 Å². The first-order chi connectivity index (χ1) is 10.2. The van der Waals surface area contributed by atoms with E-state index in [0.29, 0.717) is 29.2 Å². The molecule has 0 saturated carbocycles. The third-order valence-electron chi connectivity index (χ3n) is 3.01. The molecule has 1 heterocycles. The van der Waals surface area contributed by atoms with Gasteiger partial charge in [-0.3, -0.25) is 4.98 Å². The van der Waals surface area contributed by atoms with Crippen molar-refractivity contribution in [2.24, 2.45) is 0 Å². The number of nitriles is 1. The second-order valence-electron chi connectivity index (χ2n) is 4.51. The number of hydrogen-bond acceptors (Lipinski definition) is 4. The fraction of sp³-hybridized carbons (Fsp3) is 0.250. The van der Waals surface area contributed by atoms with Gasteiger partial charge in [-0.2, -0.15) is 5.26 Å². The largest absolute Gasteiger partial charge is 0.484 e. The highest BCUT2D eigenvalue weighted by Gasteiger charge is 2.16. The van der Waals surface area contributed by atoms with Gasteiger partial charge in [0.1, 0.15) is 17.9 Å². The summed E-state index contributed by atoms with van der Waals surface area (Å²) >= 11 is 5.97. The van der Waals surface area contributed by atoms with Crippen molar-refractivity contribution in [1.82, 2.24) is 4.98 Å². The highest BCUT2D eigenvalue weighted by molar-refractivity contribution is 6.30.